The number of nitrogens with one attached hydrogen (secondary N) is 4. The predicted octanol–water partition coefficient (Wildman–Crippen LogP) is 5.26. The maximum Gasteiger partial charge on any atom is 0.411 e. The number of H-pyrrole nitrogens is 1. The van der Waals surface area contributed by atoms with Gasteiger partial charge in [0.15, 0.2) is 0 Å². The standard InChI is InChI=1S/C29H32ClN9O3/c1-32-35-18-39(31)26-12-9-20(30)15-19(26)8-13-27(40)37-23-7-5-3-4-6-14-33-24-16-21(36-29(41)42-2)10-11-22(24)25-17-34-28(23)38-25/h3,5,8-13,15-18,23,33H,1,4,6-7,14,31H2,2H3,(H,34,38)(H,36,41)(H,37,40)/b5-3+,13-8+,35-18-/t23-/m0/s1. The topological polar surface area (TPSA) is 162 Å². The van der Waals surface area contributed by atoms with E-state index in [1.54, 1.807) is 36.5 Å². The quantitative estimate of drug-likeness (QED) is 0.0627. The van der Waals surface area contributed by atoms with Crippen LogP contribution in [0.5, 0.6) is 0 Å². The maximum atomic E-state index is 13.1. The summed E-state index contributed by atoms with van der Waals surface area (Å²) in [6, 6.07) is 10.2. The first-order valence-electron chi connectivity index (χ1n) is 13.1. The van der Waals surface area contributed by atoms with E-state index in [-0.39, 0.29) is 5.91 Å². The number of rotatable bonds is 7. The Morgan fingerprint density at radius 1 is 1.26 bits per heavy atom. The van der Waals surface area contributed by atoms with Gasteiger partial charge in [-0.15, -0.1) is 5.10 Å². The molecule has 0 aliphatic carbocycles. The van der Waals surface area contributed by atoms with E-state index in [1.165, 1.54) is 24.5 Å². The first-order chi connectivity index (χ1) is 20.4. The highest BCUT2D eigenvalue weighted by molar-refractivity contribution is 6.30. The van der Waals surface area contributed by atoms with Gasteiger partial charge < -0.3 is 20.4 Å². The third-order valence-corrected chi connectivity index (χ3v) is 6.56. The number of halogens is 1. The van der Waals surface area contributed by atoms with E-state index in [2.05, 4.69) is 48.9 Å². The SMILES string of the molecule is C=N/N=C\N(N)c1ccc(Cl)cc1/C=C/C(=O)N[C@H]1C/C=C/CCCNc2cc(NC(=O)OC)ccc2-c2cnc1[nH]2. The number of aromatic amines is 1. The number of fused-ring (bicyclic) bond motifs is 4. The van der Waals surface area contributed by atoms with Crippen LogP contribution >= 0.6 is 11.6 Å². The van der Waals surface area contributed by atoms with Crippen LogP contribution < -0.4 is 26.8 Å². The normalized spacial score (nSPS) is 15.8. The number of benzene rings is 2. The van der Waals surface area contributed by atoms with E-state index < -0.39 is 12.1 Å². The third kappa shape index (κ3) is 8.05. The Hall–Kier alpha value is -4.94. The van der Waals surface area contributed by atoms with Crippen LogP contribution in [0.25, 0.3) is 17.3 Å². The number of hydrogen-bond donors (Lipinski definition) is 5. The average Bonchev–Trinajstić information content (AvgIpc) is 3.47. The second kappa shape index (κ2) is 14.6. The summed E-state index contributed by atoms with van der Waals surface area (Å²) in [5, 5.41) is 18.0. The van der Waals surface area contributed by atoms with Gasteiger partial charge in [0, 0.05) is 46.9 Å². The van der Waals surface area contributed by atoms with Crippen molar-refractivity contribution in [3.8, 4) is 11.3 Å². The number of aromatic nitrogens is 2. The van der Waals surface area contributed by atoms with Gasteiger partial charge in [-0.1, -0.05) is 23.8 Å². The number of imidazole rings is 1. The summed E-state index contributed by atoms with van der Waals surface area (Å²) in [6.07, 6.45) is 11.9. The lowest BCUT2D eigenvalue weighted by atomic mass is 10.1. The zero-order valence-corrected chi connectivity index (χ0v) is 23.8. The van der Waals surface area contributed by atoms with Gasteiger partial charge in [0.25, 0.3) is 0 Å². The number of nitrogens with zero attached hydrogens (tertiary/aromatic N) is 4. The van der Waals surface area contributed by atoms with Crippen molar-refractivity contribution in [2.24, 2.45) is 16.0 Å². The van der Waals surface area contributed by atoms with Crippen molar-refractivity contribution in [1.29, 1.82) is 0 Å². The number of hydrogen-bond acceptors (Lipinski definition) is 8. The molecule has 1 atom stereocenters. The molecule has 0 saturated heterocycles. The molecule has 1 aliphatic rings. The zero-order chi connectivity index (χ0) is 29.9. The van der Waals surface area contributed by atoms with Crippen LogP contribution in [0, 0.1) is 0 Å². The Kier molecular flexibility index (Phi) is 10.5. The minimum atomic E-state index is -0.549. The first kappa shape index (κ1) is 30.0. The molecule has 12 nitrogen and oxygen atoms in total. The minimum absolute atomic E-state index is 0.327. The summed E-state index contributed by atoms with van der Waals surface area (Å²) in [5.41, 5.74) is 4.23. The van der Waals surface area contributed by atoms with Crippen molar-refractivity contribution in [3.63, 3.8) is 0 Å². The highest BCUT2D eigenvalue weighted by atomic mass is 35.5. The van der Waals surface area contributed by atoms with Crippen molar-refractivity contribution < 1.29 is 14.3 Å². The minimum Gasteiger partial charge on any atom is -0.453 e. The summed E-state index contributed by atoms with van der Waals surface area (Å²) < 4.78 is 4.71. The molecule has 4 rings (SSSR count). The Balaban J connectivity index is 1.57. The molecule has 2 amide bonds. The van der Waals surface area contributed by atoms with Crippen LogP contribution in [0.3, 0.4) is 0 Å². The molecule has 0 fully saturated rings. The monoisotopic (exact) mass is 589 g/mol. The highest BCUT2D eigenvalue weighted by Gasteiger charge is 2.18. The molecular weight excluding hydrogens is 558 g/mol. The molecule has 1 aliphatic heterocycles. The van der Waals surface area contributed by atoms with E-state index in [0.29, 0.717) is 34.2 Å². The first-order valence-corrected chi connectivity index (χ1v) is 13.5. The lowest BCUT2D eigenvalue weighted by molar-refractivity contribution is -0.117. The third-order valence-electron chi connectivity index (χ3n) is 6.32. The van der Waals surface area contributed by atoms with Crippen LogP contribution in [-0.2, 0) is 9.53 Å². The second-order valence-electron chi connectivity index (χ2n) is 9.21. The van der Waals surface area contributed by atoms with Crippen molar-refractivity contribution in [3.05, 3.63) is 77.2 Å². The fourth-order valence-corrected chi connectivity index (χ4v) is 4.47. The van der Waals surface area contributed by atoms with Crippen molar-refractivity contribution in [2.45, 2.75) is 25.3 Å². The molecule has 13 heteroatoms. The van der Waals surface area contributed by atoms with Crippen LogP contribution in [0.4, 0.5) is 21.9 Å². The molecule has 6 N–H and O–H groups in total. The molecule has 0 unspecified atom stereocenters. The van der Waals surface area contributed by atoms with E-state index in [4.69, 9.17) is 22.2 Å². The molecule has 0 spiro atoms. The second-order valence-corrected chi connectivity index (χ2v) is 9.65. The van der Waals surface area contributed by atoms with Crippen LogP contribution in [-0.4, -0.2) is 48.7 Å². The largest absolute Gasteiger partial charge is 0.453 e. The molecule has 2 heterocycles. The van der Waals surface area contributed by atoms with Gasteiger partial charge in [-0.2, -0.15) is 5.10 Å². The van der Waals surface area contributed by atoms with E-state index in [9.17, 15) is 9.59 Å². The number of carbonyl (C=O) groups is 2. The number of anilines is 3. The van der Waals surface area contributed by atoms with Gasteiger partial charge in [-0.05, 0) is 61.7 Å². The van der Waals surface area contributed by atoms with Crippen LogP contribution in [0.1, 0.15) is 36.7 Å². The van der Waals surface area contributed by atoms with E-state index >= 15 is 0 Å². The molecule has 0 radical (unpaired) electrons. The molecule has 42 heavy (non-hydrogen) atoms. The Morgan fingerprint density at radius 3 is 2.93 bits per heavy atom. The van der Waals surface area contributed by atoms with Gasteiger partial charge in [0.1, 0.15) is 12.2 Å². The number of carbonyl (C=O) groups excluding carboxylic acids is 2. The van der Waals surface area contributed by atoms with Crippen molar-refractivity contribution in [2.75, 3.05) is 29.3 Å². The number of allylic oxidation sites excluding steroid dienone is 1. The van der Waals surface area contributed by atoms with E-state index in [0.717, 1.165) is 36.3 Å². The molecule has 2 aromatic carbocycles. The fraction of sp³-hybridized carbons (Fsp3) is 0.207. The summed E-state index contributed by atoms with van der Waals surface area (Å²) in [5.74, 6) is 6.32. The van der Waals surface area contributed by atoms with Gasteiger partial charge in [-0.25, -0.2) is 15.6 Å². The van der Waals surface area contributed by atoms with Gasteiger partial charge in [-0.3, -0.25) is 15.1 Å². The van der Waals surface area contributed by atoms with E-state index in [1.807, 2.05) is 18.2 Å². The molecule has 2 bridgehead atoms. The van der Waals surface area contributed by atoms with Crippen molar-refractivity contribution >= 4 is 59.8 Å². The average molecular weight is 590 g/mol. The Morgan fingerprint density at radius 2 is 2.12 bits per heavy atom. The molecule has 3 aromatic rings. The van der Waals surface area contributed by atoms with Gasteiger partial charge >= 0.3 is 6.09 Å². The van der Waals surface area contributed by atoms with Crippen LogP contribution in [0.15, 0.2) is 71.0 Å². The summed E-state index contributed by atoms with van der Waals surface area (Å²) in [7, 11) is 1.32. The predicted molar refractivity (Wildman–Crippen MR) is 168 cm³/mol. The Bertz CT molecular complexity index is 1520. The highest BCUT2D eigenvalue weighted by Crippen LogP contribution is 2.31. The smallest absolute Gasteiger partial charge is 0.411 e. The molecule has 218 valence electrons. The lowest BCUT2D eigenvalue weighted by Crippen LogP contribution is -2.29. The van der Waals surface area contributed by atoms with Gasteiger partial charge in [0.05, 0.1) is 30.7 Å². The zero-order valence-electron chi connectivity index (χ0n) is 23.0. The number of hydrazine groups is 1. The number of methoxy groups -OCH3 is 1. The van der Waals surface area contributed by atoms with Crippen molar-refractivity contribution in [1.82, 2.24) is 15.3 Å². The molecule has 1 aromatic heterocycles. The lowest BCUT2D eigenvalue weighted by Gasteiger charge is -2.16. The molecule has 0 saturated carbocycles. The van der Waals surface area contributed by atoms with Gasteiger partial charge in [0.2, 0.25) is 5.91 Å². The summed E-state index contributed by atoms with van der Waals surface area (Å²) in [4.78, 5) is 32.7. The van der Waals surface area contributed by atoms with Crippen LogP contribution in [0.2, 0.25) is 5.02 Å². The summed E-state index contributed by atoms with van der Waals surface area (Å²) >= 11 is 6.19. The summed E-state index contributed by atoms with van der Waals surface area (Å²) in [6.45, 7) is 4.03. The Labute approximate surface area is 248 Å². The fourth-order valence-electron chi connectivity index (χ4n) is 4.29. The number of ether oxygens (including phenoxy) is 1. The number of nitrogens with two attached hydrogens (primary N) is 1. The molecular formula is C29H32ClN9O3. The number of amides is 2. The maximum absolute atomic E-state index is 13.1.